The first-order chi connectivity index (χ1) is 12.3. The van der Waals surface area contributed by atoms with E-state index in [9.17, 15) is 14.4 Å². The van der Waals surface area contributed by atoms with Crippen molar-refractivity contribution >= 4 is 41.1 Å². The first-order valence-electron chi connectivity index (χ1n) is 7.70. The van der Waals surface area contributed by atoms with E-state index in [1.54, 1.807) is 30.3 Å². The molecule has 134 valence electrons. The summed E-state index contributed by atoms with van der Waals surface area (Å²) in [6.07, 6.45) is 1.76. The summed E-state index contributed by atoms with van der Waals surface area (Å²) in [5.41, 5.74) is 6.67. The molecule has 0 radical (unpaired) electrons. The molecule has 0 aliphatic rings. The van der Waals surface area contributed by atoms with E-state index in [1.165, 1.54) is 37.3 Å². The maximum absolute atomic E-state index is 12.1. The Morgan fingerprint density at radius 3 is 2.46 bits per heavy atom. The highest BCUT2D eigenvalue weighted by atomic mass is 35.5. The van der Waals surface area contributed by atoms with Gasteiger partial charge in [-0.15, -0.1) is 0 Å². The minimum Gasteiger partial charge on any atom is -0.449 e. The van der Waals surface area contributed by atoms with E-state index in [4.69, 9.17) is 22.1 Å². The number of rotatable bonds is 6. The van der Waals surface area contributed by atoms with Crippen LogP contribution in [0.3, 0.4) is 0 Å². The van der Waals surface area contributed by atoms with Crippen molar-refractivity contribution in [3.8, 4) is 0 Å². The van der Waals surface area contributed by atoms with Crippen LogP contribution in [-0.4, -0.2) is 23.9 Å². The van der Waals surface area contributed by atoms with Crippen molar-refractivity contribution < 1.29 is 19.1 Å². The number of halogens is 1. The van der Waals surface area contributed by atoms with E-state index >= 15 is 0 Å². The highest BCUT2D eigenvalue weighted by Crippen LogP contribution is 2.12. The van der Waals surface area contributed by atoms with Gasteiger partial charge in [-0.25, -0.2) is 4.79 Å². The summed E-state index contributed by atoms with van der Waals surface area (Å²) in [6.45, 7) is 1.46. The van der Waals surface area contributed by atoms with Crippen LogP contribution < -0.4 is 11.1 Å². The fraction of sp³-hybridized carbons (Fsp3) is 0.105. The second-order valence-corrected chi connectivity index (χ2v) is 5.83. The molecule has 2 amide bonds. The van der Waals surface area contributed by atoms with Crippen LogP contribution in [0.1, 0.15) is 22.8 Å². The average molecular weight is 373 g/mol. The zero-order chi connectivity index (χ0) is 19.1. The molecule has 0 heterocycles. The molecule has 0 saturated heterocycles. The summed E-state index contributed by atoms with van der Waals surface area (Å²) < 4.78 is 5.05. The van der Waals surface area contributed by atoms with Crippen LogP contribution in [-0.2, 0) is 14.3 Å². The predicted molar refractivity (Wildman–Crippen MR) is 99.6 cm³/mol. The molecule has 3 N–H and O–H groups in total. The number of esters is 1. The highest BCUT2D eigenvalue weighted by molar-refractivity contribution is 6.30. The molecule has 0 saturated carbocycles. The summed E-state index contributed by atoms with van der Waals surface area (Å²) >= 11 is 5.86. The van der Waals surface area contributed by atoms with Crippen molar-refractivity contribution in [3.05, 3.63) is 70.8 Å². The van der Waals surface area contributed by atoms with Crippen molar-refractivity contribution in [3.63, 3.8) is 0 Å². The lowest BCUT2D eigenvalue weighted by molar-refractivity contribution is -0.148. The van der Waals surface area contributed by atoms with Gasteiger partial charge in [-0.2, -0.15) is 0 Å². The Hall–Kier alpha value is -3.12. The summed E-state index contributed by atoms with van der Waals surface area (Å²) in [5, 5.41) is 3.14. The topological polar surface area (TPSA) is 98.5 Å². The molecule has 0 fully saturated rings. The Morgan fingerprint density at radius 1 is 1.15 bits per heavy atom. The molecular weight excluding hydrogens is 356 g/mol. The van der Waals surface area contributed by atoms with E-state index in [1.807, 2.05) is 0 Å². The minimum absolute atomic E-state index is 0.327. The van der Waals surface area contributed by atoms with Crippen LogP contribution in [0.5, 0.6) is 0 Å². The first kappa shape index (κ1) is 19.2. The highest BCUT2D eigenvalue weighted by Gasteiger charge is 2.16. The van der Waals surface area contributed by atoms with Gasteiger partial charge in [0.1, 0.15) is 0 Å². The number of benzene rings is 2. The van der Waals surface area contributed by atoms with Crippen molar-refractivity contribution in [2.45, 2.75) is 13.0 Å². The molecule has 0 aliphatic heterocycles. The third-order valence-electron chi connectivity index (χ3n) is 3.36. The van der Waals surface area contributed by atoms with Crippen LogP contribution >= 0.6 is 11.6 Å². The third kappa shape index (κ3) is 5.75. The second-order valence-electron chi connectivity index (χ2n) is 5.40. The molecule has 2 aromatic rings. The predicted octanol–water partition coefficient (Wildman–Crippen LogP) is 3.02. The van der Waals surface area contributed by atoms with Crippen LogP contribution in [0.25, 0.3) is 6.08 Å². The quantitative estimate of drug-likeness (QED) is 0.601. The van der Waals surface area contributed by atoms with Gasteiger partial charge in [-0.1, -0.05) is 23.7 Å². The van der Waals surface area contributed by atoms with Crippen molar-refractivity contribution in [1.29, 1.82) is 0 Å². The fourth-order valence-electron chi connectivity index (χ4n) is 2.00. The van der Waals surface area contributed by atoms with E-state index in [0.29, 0.717) is 16.3 Å². The summed E-state index contributed by atoms with van der Waals surface area (Å²) in [5.74, 6) is -1.71. The zero-order valence-corrected chi connectivity index (χ0v) is 14.7. The number of hydrogen-bond acceptors (Lipinski definition) is 4. The van der Waals surface area contributed by atoms with Gasteiger partial charge in [-0.05, 0) is 55.0 Å². The monoisotopic (exact) mass is 372 g/mol. The molecule has 7 heteroatoms. The van der Waals surface area contributed by atoms with Crippen LogP contribution in [0.15, 0.2) is 54.6 Å². The van der Waals surface area contributed by atoms with Gasteiger partial charge in [0.05, 0.1) is 0 Å². The zero-order valence-electron chi connectivity index (χ0n) is 13.9. The maximum atomic E-state index is 12.1. The molecule has 0 bridgehead atoms. The van der Waals surface area contributed by atoms with Gasteiger partial charge >= 0.3 is 5.97 Å². The van der Waals surface area contributed by atoms with E-state index in [2.05, 4.69) is 5.32 Å². The molecule has 0 unspecified atom stereocenters. The molecule has 2 rings (SSSR count). The van der Waals surface area contributed by atoms with E-state index in [0.717, 1.165) is 5.56 Å². The Kier molecular flexibility index (Phi) is 6.52. The van der Waals surface area contributed by atoms with Gasteiger partial charge in [-0.3, -0.25) is 9.59 Å². The van der Waals surface area contributed by atoms with Crippen molar-refractivity contribution in [2.75, 3.05) is 5.32 Å². The molecule has 0 aromatic heterocycles. The third-order valence-corrected chi connectivity index (χ3v) is 3.59. The number of nitrogens with one attached hydrogen (secondary N) is 1. The van der Waals surface area contributed by atoms with Gasteiger partial charge in [0, 0.05) is 22.3 Å². The van der Waals surface area contributed by atoms with Gasteiger partial charge in [0.25, 0.3) is 5.91 Å². The molecule has 0 aliphatic carbocycles. The largest absolute Gasteiger partial charge is 0.449 e. The van der Waals surface area contributed by atoms with Gasteiger partial charge in [0.15, 0.2) is 6.10 Å². The van der Waals surface area contributed by atoms with E-state index in [-0.39, 0.29) is 0 Å². The minimum atomic E-state index is -0.998. The fourth-order valence-corrected chi connectivity index (χ4v) is 2.20. The van der Waals surface area contributed by atoms with Crippen LogP contribution in [0, 0.1) is 0 Å². The summed E-state index contributed by atoms with van der Waals surface area (Å²) in [6, 6.07) is 13.0. The number of anilines is 1. The second kappa shape index (κ2) is 8.82. The number of primary amides is 1. The van der Waals surface area contributed by atoms with Crippen molar-refractivity contribution in [2.24, 2.45) is 5.73 Å². The Bertz CT molecular complexity index is 847. The van der Waals surface area contributed by atoms with Gasteiger partial charge < -0.3 is 15.8 Å². The summed E-state index contributed by atoms with van der Waals surface area (Å²) in [7, 11) is 0. The number of carbonyl (C=O) groups is 3. The van der Waals surface area contributed by atoms with Crippen molar-refractivity contribution in [1.82, 2.24) is 0 Å². The smallest absolute Gasteiger partial charge is 0.331 e. The van der Waals surface area contributed by atoms with E-state index < -0.39 is 23.9 Å². The Labute approximate surface area is 155 Å². The van der Waals surface area contributed by atoms with Crippen LogP contribution in [0.2, 0.25) is 5.02 Å². The molecule has 26 heavy (non-hydrogen) atoms. The lowest BCUT2D eigenvalue weighted by Gasteiger charge is -2.12. The molecule has 6 nitrogen and oxygen atoms in total. The number of amides is 2. The van der Waals surface area contributed by atoms with Gasteiger partial charge in [0.2, 0.25) is 5.91 Å². The lowest BCUT2D eigenvalue weighted by Crippen LogP contribution is -2.29. The molecule has 1 atom stereocenters. The normalized spacial score (nSPS) is 11.8. The molecular formula is C19H17ClN2O4. The first-order valence-corrected chi connectivity index (χ1v) is 8.08. The average Bonchev–Trinajstić information content (AvgIpc) is 2.60. The summed E-state index contributed by atoms with van der Waals surface area (Å²) in [4.78, 5) is 34.9. The number of ether oxygens (including phenoxy) is 1. The Morgan fingerprint density at radius 2 is 1.85 bits per heavy atom. The standard InChI is InChI=1S/C19H17ClN2O4/c1-12(19(25)22-16-8-6-14(7-9-16)18(21)24)26-17(23)10-5-13-3-2-4-15(20)11-13/h2-12H,1H3,(H2,21,24)(H,22,25)/b10-5+/t12-/m0/s1. The SMILES string of the molecule is C[C@H](OC(=O)/C=C/c1cccc(Cl)c1)C(=O)Nc1ccc(C(N)=O)cc1. The molecule has 2 aromatic carbocycles. The number of carbonyl (C=O) groups excluding carboxylic acids is 3. The molecule has 0 spiro atoms. The Balaban J connectivity index is 1.89. The van der Waals surface area contributed by atoms with Crippen LogP contribution in [0.4, 0.5) is 5.69 Å². The number of nitrogens with two attached hydrogens (primary N) is 1. The maximum Gasteiger partial charge on any atom is 0.331 e. The number of hydrogen-bond donors (Lipinski definition) is 2. The lowest BCUT2D eigenvalue weighted by atomic mass is 10.2.